The van der Waals surface area contributed by atoms with Gasteiger partial charge < -0.3 is 0 Å². The Morgan fingerprint density at radius 3 is 0.675 bits per heavy atom. The van der Waals surface area contributed by atoms with E-state index in [9.17, 15) is 0 Å². The molecule has 0 saturated heterocycles. The lowest BCUT2D eigenvalue weighted by Crippen LogP contribution is -1.80. The van der Waals surface area contributed by atoms with Gasteiger partial charge in [0.1, 0.15) is 0 Å². The summed E-state index contributed by atoms with van der Waals surface area (Å²) in [7, 11) is 0. The second-order valence-corrected chi connectivity index (χ2v) is 6.73. The topological polar surface area (TPSA) is 0 Å². The van der Waals surface area contributed by atoms with Crippen LogP contribution in [0, 0.1) is 0 Å². The predicted molar refractivity (Wildman–Crippen MR) is 191 cm³/mol. The largest absolute Gasteiger partial charge is 0.0683 e. The van der Waals surface area contributed by atoms with E-state index in [4.69, 9.17) is 0 Å². The van der Waals surface area contributed by atoms with Gasteiger partial charge in [-0.05, 0) is 33.4 Å². The Morgan fingerprint density at radius 1 is 0.250 bits per heavy atom. The molecule has 0 aromatic heterocycles. The summed E-state index contributed by atoms with van der Waals surface area (Å²) >= 11 is 0. The van der Waals surface area contributed by atoms with Crippen LogP contribution in [0.3, 0.4) is 0 Å². The van der Waals surface area contributed by atoms with Crippen molar-refractivity contribution in [1.29, 1.82) is 0 Å². The zero-order chi connectivity index (χ0) is 31.0. The molecule has 0 amide bonds. The first kappa shape index (κ1) is 40.9. The van der Waals surface area contributed by atoms with Crippen molar-refractivity contribution < 1.29 is 0 Å². The van der Waals surface area contributed by atoms with Gasteiger partial charge in [-0.25, -0.2) is 0 Å². The monoisotopic (exact) mass is 538 g/mol. The van der Waals surface area contributed by atoms with Crippen molar-refractivity contribution in [2.45, 2.75) is 83.1 Å². The molecule has 0 atom stereocenters. The molecule has 0 bridgehead atoms. The minimum Gasteiger partial charge on any atom is -0.0683 e. The highest BCUT2D eigenvalue weighted by molar-refractivity contribution is 5.74. The molecule has 0 aliphatic heterocycles. The maximum atomic E-state index is 2.18. The maximum absolute atomic E-state index is 2.18. The van der Waals surface area contributed by atoms with E-state index in [1.54, 1.807) is 0 Å². The van der Waals surface area contributed by atoms with Crippen molar-refractivity contribution in [3.05, 3.63) is 131 Å². The summed E-state index contributed by atoms with van der Waals surface area (Å²) in [4.78, 5) is 0. The molecule has 0 aliphatic carbocycles. The Kier molecular flexibility index (Phi) is 32.2. The van der Waals surface area contributed by atoms with Crippen LogP contribution in [-0.2, 0) is 0 Å². The first-order valence-electron chi connectivity index (χ1n) is 15.5. The summed E-state index contributed by atoms with van der Waals surface area (Å²) in [6.45, 7) is 24.0. The van der Waals surface area contributed by atoms with Crippen LogP contribution < -0.4 is 0 Å². The van der Waals surface area contributed by atoms with E-state index in [2.05, 4.69) is 121 Å². The Hall–Kier alpha value is -3.64. The molecule has 0 fully saturated rings. The van der Waals surface area contributed by atoms with Gasteiger partial charge in [0, 0.05) is 0 Å². The molecule has 0 spiro atoms. The van der Waals surface area contributed by atoms with E-state index in [0.29, 0.717) is 0 Å². The highest BCUT2D eigenvalue weighted by Gasteiger charge is 1.98. The number of hydrogen-bond donors (Lipinski definition) is 0. The van der Waals surface area contributed by atoms with Gasteiger partial charge in [0.15, 0.2) is 0 Å². The van der Waals surface area contributed by atoms with Crippen LogP contribution in [-0.4, -0.2) is 0 Å². The van der Waals surface area contributed by atoms with E-state index in [1.807, 2.05) is 95.2 Å². The van der Waals surface area contributed by atoms with E-state index in [-0.39, 0.29) is 0 Å². The fraction of sp³-hybridized carbons (Fsp3) is 0.300. The standard InChI is InChI=1S/C28H22.6C2H6/c1-3-7-23(8-4-1)11-13-25-15-19-27(20-16-25)28-21-17-26(18-22-28)14-12-24-9-5-2-6-10-24;6*1-2/h1-22H;6*1-2H3. The molecule has 4 aromatic rings. The lowest BCUT2D eigenvalue weighted by molar-refractivity contribution is 1.50. The molecule has 0 radical (unpaired) electrons. The van der Waals surface area contributed by atoms with Crippen molar-refractivity contribution >= 4 is 24.3 Å². The van der Waals surface area contributed by atoms with Gasteiger partial charge in [-0.15, -0.1) is 0 Å². The lowest BCUT2D eigenvalue weighted by atomic mass is 10.0. The summed E-state index contributed by atoms with van der Waals surface area (Å²) in [5, 5.41) is 0. The predicted octanol–water partition coefficient (Wildman–Crippen LogP) is 13.9. The summed E-state index contributed by atoms with van der Waals surface area (Å²) < 4.78 is 0. The molecular formula is C40H58. The van der Waals surface area contributed by atoms with Crippen LogP contribution in [0.25, 0.3) is 35.4 Å². The van der Waals surface area contributed by atoms with Gasteiger partial charge >= 0.3 is 0 Å². The molecule has 0 nitrogen and oxygen atoms in total. The summed E-state index contributed by atoms with van der Waals surface area (Å²) in [6.07, 6.45) is 8.58. The second-order valence-electron chi connectivity index (χ2n) is 6.73. The summed E-state index contributed by atoms with van der Waals surface area (Å²) in [5.41, 5.74) is 7.30. The first-order chi connectivity index (χ1) is 19.9. The van der Waals surface area contributed by atoms with E-state index in [0.717, 1.165) is 0 Å². The molecule has 4 rings (SSSR count). The van der Waals surface area contributed by atoms with Crippen molar-refractivity contribution in [2.75, 3.05) is 0 Å². The third-order valence-corrected chi connectivity index (χ3v) is 4.69. The molecule has 4 aromatic carbocycles. The number of benzene rings is 4. The minimum absolute atomic E-state index is 1.20. The van der Waals surface area contributed by atoms with Gasteiger partial charge in [0.2, 0.25) is 0 Å². The average molecular weight is 539 g/mol. The van der Waals surface area contributed by atoms with Gasteiger partial charge in [-0.2, -0.15) is 0 Å². The summed E-state index contributed by atoms with van der Waals surface area (Å²) in [5.74, 6) is 0. The van der Waals surface area contributed by atoms with Gasteiger partial charge in [0.05, 0.1) is 0 Å². The Labute approximate surface area is 249 Å². The van der Waals surface area contributed by atoms with Crippen LogP contribution in [0.4, 0.5) is 0 Å². The van der Waals surface area contributed by atoms with E-state index in [1.165, 1.54) is 33.4 Å². The Morgan fingerprint density at radius 2 is 0.450 bits per heavy atom. The van der Waals surface area contributed by atoms with Gasteiger partial charge in [-0.3, -0.25) is 0 Å². The van der Waals surface area contributed by atoms with Crippen LogP contribution in [0.2, 0.25) is 0 Å². The normalized spacial score (nSPS) is 8.80. The molecule has 0 heteroatoms. The first-order valence-corrected chi connectivity index (χ1v) is 15.5. The van der Waals surface area contributed by atoms with Gasteiger partial charge in [0.25, 0.3) is 0 Å². The number of rotatable bonds is 5. The van der Waals surface area contributed by atoms with Crippen LogP contribution in [0.1, 0.15) is 105 Å². The minimum atomic E-state index is 1.20. The molecule has 0 N–H and O–H groups in total. The maximum Gasteiger partial charge on any atom is -0.0184 e. The fourth-order valence-electron chi connectivity index (χ4n) is 3.09. The molecule has 0 aliphatic rings. The SMILES string of the molecule is C(=Cc1ccc(-c2ccc(C=Cc3ccccc3)cc2)cc1)c1ccccc1.CC.CC.CC.CC.CC.CC. The van der Waals surface area contributed by atoms with E-state index < -0.39 is 0 Å². The highest BCUT2D eigenvalue weighted by atomic mass is 14.0. The molecular weight excluding hydrogens is 480 g/mol. The Balaban J connectivity index is -0.00000101. The highest BCUT2D eigenvalue weighted by Crippen LogP contribution is 2.22. The zero-order valence-corrected chi connectivity index (χ0v) is 27.7. The molecule has 0 unspecified atom stereocenters. The fourth-order valence-corrected chi connectivity index (χ4v) is 3.09. The lowest BCUT2D eigenvalue weighted by Gasteiger charge is -2.03. The average Bonchev–Trinajstić information content (AvgIpc) is 3.10. The quantitative estimate of drug-likeness (QED) is 0.222. The smallest absolute Gasteiger partial charge is 0.0184 e. The molecule has 0 heterocycles. The molecule has 0 saturated carbocycles. The third kappa shape index (κ3) is 17.8. The summed E-state index contributed by atoms with van der Waals surface area (Å²) in [6, 6.07) is 38.1. The van der Waals surface area contributed by atoms with Crippen molar-refractivity contribution in [2.24, 2.45) is 0 Å². The van der Waals surface area contributed by atoms with Crippen LogP contribution >= 0.6 is 0 Å². The Bertz CT molecular complexity index is 961. The third-order valence-electron chi connectivity index (χ3n) is 4.69. The van der Waals surface area contributed by atoms with Crippen LogP contribution in [0.15, 0.2) is 109 Å². The molecule has 218 valence electrons. The second kappa shape index (κ2) is 31.6. The molecule has 40 heavy (non-hydrogen) atoms. The van der Waals surface area contributed by atoms with Crippen molar-refractivity contribution in [3.63, 3.8) is 0 Å². The van der Waals surface area contributed by atoms with Crippen molar-refractivity contribution in [3.8, 4) is 11.1 Å². The van der Waals surface area contributed by atoms with Gasteiger partial charge in [-0.1, -0.05) is 217 Å². The van der Waals surface area contributed by atoms with Crippen molar-refractivity contribution in [1.82, 2.24) is 0 Å². The number of hydrogen-bond acceptors (Lipinski definition) is 0. The zero-order valence-electron chi connectivity index (χ0n) is 27.7. The van der Waals surface area contributed by atoms with Crippen LogP contribution in [0.5, 0.6) is 0 Å². The van der Waals surface area contributed by atoms with E-state index >= 15 is 0 Å².